The van der Waals surface area contributed by atoms with Crippen LogP contribution in [0, 0.1) is 0 Å². The summed E-state index contributed by atoms with van der Waals surface area (Å²) < 4.78 is 7.86. The lowest BCUT2D eigenvalue weighted by molar-refractivity contribution is 0.0845. The molecule has 0 radical (unpaired) electrons. The Morgan fingerprint density at radius 1 is 1.41 bits per heavy atom. The monoisotopic (exact) mass is 315 g/mol. The van der Waals surface area contributed by atoms with Gasteiger partial charge in [-0.15, -0.1) is 0 Å². The molecular weight excluding hydrogens is 305 g/mol. The molecule has 90 valence electrons. The van der Waals surface area contributed by atoms with Gasteiger partial charge in [-0.05, 0) is 34.8 Å². The maximum Gasteiger partial charge on any atom is 0.171 e. The maximum absolute atomic E-state index is 6.20. The predicted octanol–water partition coefficient (Wildman–Crippen LogP) is 3.04. The van der Waals surface area contributed by atoms with E-state index in [9.17, 15) is 0 Å². The quantitative estimate of drug-likeness (QED) is 0.759. The molecule has 4 nitrogen and oxygen atoms in total. The topological polar surface area (TPSA) is 39.4 Å². The van der Waals surface area contributed by atoms with Gasteiger partial charge in [0, 0.05) is 24.8 Å². The summed E-state index contributed by atoms with van der Waals surface area (Å²) >= 11 is 9.63. The van der Waals surface area contributed by atoms with Crippen LogP contribution in [-0.4, -0.2) is 27.8 Å². The largest absolute Gasteiger partial charge is 0.381 e. The van der Waals surface area contributed by atoms with Crippen LogP contribution in [0.25, 0.3) is 5.65 Å². The van der Waals surface area contributed by atoms with Crippen LogP contribution in [-0.2, 0) is 4.74 Å². The van der Waals surface area contributed by atoms with Gasteiger partial charge in [-0.1, -0.05) is 11.6 Å². The summed E-state index contributed by atoms with van der Waals surface area (Å²) in [5.41, 5.74) is 1.81. The number of fused-ring (bicyclic) bond motifs is 1. The first-order valence-corrected chi connectivity index (χ1v) is 6.70. The molecule has 0 N–H and O–H groups in total. The Bertz CT molecular complexity index is 551. The molecule has 0 atom stereocenters. The summed E-state index contributed by atoms with van der Waals surface area (Å²) in [6.45, 7) is 1.60. The second-order valence-electron chi connectivity index (χ2n) is 4.12. The first-order valence-electron chi connectivity index (χ1n) is 5.53. The molecule has 3 heterocycles. The van der Waals surface area contributed by atoms with E-state index in [-0.39, 0.29) is 0 Å². The third-order valence-corrected chi connectivity index (χ3v) is 3.87. The van der Waals surface area contributed by atoms with Crippen molar-refractivity contribution in [2.75, 3.05) is 13.2 Å². The number of aromatic nitrogens is 3. The molecule has 2 aromatic rings. The van der Waals surface area contributed by atoms with Crippen LogP contribution in [0.5, 0.6) is 0 Å². The Morgan fingerprint density at radius 2 is 2.18 bits per heavy atom. The predicted molar refractivity (Wildman–Crippen MR) is 68.5 cm³/mol. The molecule has 0 bridgehead atoms. The number of ether oxygens (including phenoxy) is 1. The highest BCUT2D eigenvalue weighted by Gasteiger charge is 2.19. The third-order valence-electron chi connectivity index (χ3n) is 3.04. The van der Waals surface area contributed by atoms with Crippen molar-refractivity contribution in [1.82, 2.24) is 14.6 Å². The number of hydrogen-bond donors (Lipinski definition) is 0. The van der Waals surface area contributed by atoms with Gasteiger partial charge in [-0.25, -0.2) is 9.50 Å². The molecule has 0 spiro atoms. The Kier molecular flexibility index (Phi) is 3.06. The van der Waals surface area contributed by atoms with Crippen molar-refractivity contribution < 1.29 is 4.74 Å². The molecule has 1 saturated heterocycles. The summed E-state index contributed by atoms with van der Waals surface area (Å²) in [5, 5.41) is 4.75. The van der Waals surface area contributed by atoms with E-state index in [0.717, 1.165) is 41.9 Å². The normalized spacial score (nSPS) is 17.8. The summed E-state index contributed by atoms with van der Waals surface area (Å²) in [5.74, 6) is 0.438. The summed E-state index contributed by atoms with van der Waals surface area (Å²) in [4.78, 5) is 4.63. The van der Waals surface area contributed by atoms with Crippen molar-refractivity contribution in [1.29, 1.82) is 0 Å². The standard InChI is InChI=1S/C11H11BrClN3O/c12-8-6-14-16-10(13)5-9(15-11(8)16)7-1-3-17-4-2-7/h5-7H,1-4H2. The van der Waals surface area contributed by atoms with E-state index in [1.54, 1.807) is 10.7 Å². The van der Waals surface area contributed by atoms with Crippen LogP contribution in [0.1, 0.15) is 24.5 Å². The highest BCUT2D eigenvalue weighted by molar-refractivity contribution is 9.10. The molecule has 0 aliphatic carbocycles. The molecule has 1 fully saturated rings. The maximum atomic E-state index is 6.20. The van der Waals surface area contributed by atoms with Gasteiger partial charge in [0.25, 0.3) is 0 Å². The summed E-state index contributed by atoms with van der Waals surface area (Å²) in [7, 11) is 0. The van der Waals surface area contributed by atoms with E-state index in [1.165, 1.54) is 0 Å². The Labute approximate surface area is 112 Å². The average Bonchev–Trinajstić information content (AvgIpc) is 2.73. The highest BCUT2D eigenvalue weighted by Crippen LogP contribution is 2.29. The van der Waals surface area contributed by atoms with Gasteiger partial charge in [-0.2, -0.15) is 5.10 Å². The lowest BCUT2D eigenvalue weighted by Gasteiger charge is -2.21. The molecule has 3 rings (SSSR count). The van der Waals surface area contributed by atoms with E-state index >= 15 is 0 Å². The molecular formula is C11H11BrClN3O. The van der Waals surface area contributed by atoms with Crippen molar-refractivity contribution in [2.24, 2.45) is 0 Å². The third kappa shape index (κ3) is 2.07. The van der Waals surface area contributed by atoms with Gasteiger partial charge in [0.1, 0.15) is 5.15 Å². The fraction of sp³-hybridized carbons (Fsp3) is 0.455. The van der Waals surface area contributed by atoms with Crippen molar-refractivity contribution in [3.05, 3.63) is 27.6 Å². The minimum Gasteiger partial charge on any atom is -0.381 e. The zero-order valence-corrected chi connectivity index (χ0v) is 11.4. The zero-order chi connectivity index (χ0) is 11.8. The molecule has 2 aromatic heterocycles. The number of halogens is 2. The van der Waals surface area contributed by atoms with Crippen LogP contribution in [0.15, 0.2) is 16.7 Å². The number of rotatable bonds is 1. The zero-order valence-electron chi connectivity index (χ0n) is 9.07. The van der Waals surface area contributed by atoms with Gasteiger partial charge in [-0.3, -0.25) is 0 Å². The molecule has 17 heavy (non-hydrogen) atoms. The Balaban J connectivity index is 2.07. The lowest BCUT2D eigenvalue weighted by Crippen LogP contribution is -2.15. The van der Waals surface area contributed by atoms with Crippen molar-refractivity contribution >= 4 is 33.2 Å². The van der Waals surface area contributed by atoms with Crippen molar-refractivity contribution in [3.63, 3.8) is 0 Å². The summed E-state index contributed by atoms with van der Waals surface area (Å²) in [6.07, 6.45) is 3.72. The van der Waals surface area contributed by atoms with Gasteiger partial charge in [0.2, 0.25) is 0 Å². The average molecular weight is 317 g/mol. The first kappa shape index (κ1) is 11.4. The molecule has 6 heteroatoms. The van der Waals surface area contributed by atoms with Crippen LogP contribution >= 0.6 is 27.5 Å². The first-order chi connectivity index (χ1) is 8.25. The fourth-order valence-corrected chi connectivity index (χ4v) is 2.70. The molecule has 0 unspecified atom stereocenters. The van der Waals surface area contributed by atoms with Crippen molar-refractivity contribution in [3.8, 4) is 0 Å². The van der Waals surface area contributed by atoms with Crippen LogP contribution < -0.4 is 0 Å². The number of hydrogen-bond acceptors (Lipinski definition) is 3. The van der Waals surface area contributed by atoms with E-state index in [1.807, 2.05) is 6.07 Å². The molecule has 0 amide bonds. The van der Waals surface area contributed by atoms with Crippen LogP contribution in [0.4, 0.5) is 0 Å². The molecule has 1 aliphatic heterocycles. The van der Waals surface area contributed by atoms with Gasteiger partial charge >= 0.3 is 0 Å². The van der Waals surface area contributed by atoms with E-state index in [4.69, 9.17) is 16.3 Å². The van der Waals surface area contributed by atoms with E-state index in [0.29, 0.717) is 11.1 Å². The van der Waals surface area contributed by atoms with Gasteiger partial charge < -0.3 is 4.74 Å². The molecule has 0 saturated carbocycles. The van der Waals surface area contributed by atoms with E-state index < -0.39 is 0 Å². The minimum absolute atomic E-state index is 0.438. The van der Waals surface area contributed by atoms with Gasteiger partial charge in [0.15, 0.2) is 5.65 Å². The second kappa shape index (κ2) is 4.55. The lowest BCUT2D eigenvalue weighted by atomic mass is 9.96. The smallest absolute Gasteiger partial charge is 0.171 e. The fourth-order valence-electron chi connectivity index (χ4n) is 2.12. The summed E-state index contributed by atoms with van der Waals surface area (Å²) in [6, 6.07) is 1.91. The highest BCUT2D eigenvalue weighted by atomic mass is 79.9. The second-order valence-corrected chi connectivity index (χ2v) is 5.36. The SMILES string of the molecule is Clc1cc(C2CCOCC2)nc2c(Br)cnn12. The molecule has 1 aliphatic rings. The van der Waals surface area contributed by atoms with E-state index in [2.05, 4.69) is 26.0 Å². The minimum atomic E-state index is 0.438. The van der Waals surface area contributed by atoms with Crippen molar-refractivity contribution in [2.45, 2.75) is 18.8 Å². The Hall–Kier alpha value is -0.650. The molecule has 0 aromatic carbocycles. The number of nitrogens with zero attached hydrogens (tertiary/aromatic N) is 3. The van der Waals surface area contributed by atoms with Crippen LogP contribution in [0.2, 0.25) is 5.15 Å². The van der Waals surface area contributed by atoms with Crippen LogP contribution in [0.3, 0.4) is 0 Å². The van der Waals surface area contributed by atoms with Gasteiger partial charge in [0.05, 0.1) is 10.7 Å². The Morgan fingerprint density at radius 3 is 2.94 bits per heavy atom.